The van der Waals surface area contributed by atoms with E-state index in [9.17, 15) is 0 Å². The van der Waals surface area contributed by atoms with Crippen molar-refractivity contribution in [1.29, 1.82) is 0 Å². The normalized spacial score (nSPS) is 15.5. The lowest BCUT2D eigenvalue weighted by molar-refractivity contribution is 0.121. The molecule has 0 bridgehead atoms. The first kappa shape index (κ1) is 10.2. The van der Waals surface area contributed by atoms with Gasteiger partial charge in [-0.2, -0.15) is 0 Å². The minimum atomic E-state index is 0.328. The fourth-order valence-electron chi connectivity index (χ4n) is 1.91. The molecule has 0 radical (unpaired) electrons. The summed E-state index contributed by atoms with van der Waals surface area (Å²) in [7, 11) is 0. The highest BCUT2D eigenvalue weighted by Gasteiger charge is 2.21. The number of anilines is 1. The number of nitrogens with two attached hydrogens (primary N) is 1. The third kappa shape index (κ3) is 1.86. The molecule has 1 aliphatic rings. The molecular formula is C13H14N2O2. The van der Waals surface area contributed by atoms with Gasteiger partial charge in [0.25, 0.3) is 0 Å². The van der Waals surface area contributed by atoms with E-state index in [2.05, 4.69) is 5.16 Å². The molecule has 3 rings (SSSR count). The summed E-state index contributed by atoms with van der Waals surface area (Å²) in [5.74, 6) is 1.18. The highest BCUT2D eigenvalue weighted by atomic mass is 16.5. The van der Waals surface area contributed by atoms with Crippen molar-refractivity contribution in [3.63, 3.8) is 0 Å². The second kappa shape index (κ2) is 4.13. The monoisotopic (exact) mass is 230 g/mol. The SMILES string of the molecule is Nc1oncc1-c1ccccc1OC1CCC1. The first-order chi connectivity index (χ1) is 8.34. The Kier molecular flexibility index (Phi) is 2.48. The fraction of sp³-hybridized carbons (Fsp3) is 0.308. The zero-order valence-electron chi connectivity index (χ0n) is 9.43. The average molecular weight is 230 g/mol. The van der Waals surface area contributed by atoms with Crippen LogP contribution in [0.5, 0.6) is 5.75 Å². The summed E-state index contributed by atoms with van der Waals surface area (Å²) in [4.78, 5) is 0. The number of benzene rings is 1. The molecule has 2 aromatic rings. The fourth-order valence-corrected chi connectivity index (χ4v) is 1.91. The Morgan fingerprint density at radius 2 is 2.06 bits per heavy atom. The molecule has 1 aliphatic carbocycles. The van der Waals surface area contributed by atoms with Crippen LogP contribution in [-0.2, 0) is 0 Å². The lowest BCUT2D eigenvalue weighted by Crippen LogP contribution is -2.24. The third-order valence-corrected chi connectivity index (χ3v) is 3.12. The molecular weight excluding hydrogens is 216 g/mol. The van der Waals surface area contributed by atoms with Crippen molar-refractivity contribution in [3.8, 4) is 16.9 Å². The summed E-state index contributed by atoms with van der Waals surface area (Å²) in [5, 5.41) is 3.70. The van der Waals surface area contributed by atoms with Gasteiger partial charge in [-0.3, -0.25) is 0 Å². The van der Waals surface area contributed by atoms with Gasteiger partial charge >= 0.3 is 0 Å². The van der Waals surface area contributed by atoms with Gasteiger partial charge in [0.1, 0.15) is 5.75 Å². The molecule has 17 heavy (non-hydrogen) atoms. The van der Waals surface area contributed by atoms with Crippen LogP contribution in [0.25, 0.3) is 11.1 Å². The van der Waals surface area contributed by atoms with Crippen LogP contribution in [0.2, 0.25) is 0 Å². The zero-order valence-corrected chi connectivity index (χ0v) is 9.43. The smallest absolute Gasteiger partial charge is 0.230 e. The van der Waals surface area contributed by atoms with E-state index in [1.54, 1.807) is 6.20 Å². The number of rotatable bonds is 3. The highest BCUT2D eigenvalue weighted by Crippen LogP contribution is 2.36. The van der Waals surface area contributed by atoms with Crippen molar-refractivity contribution in [2.75, 3.05) is 5.73 Å². The van der Waals surface area contributed by atoms with Gasteiger partial charge < -0.3 is 15.0 Å². The second-order valence-corrected chi connectivity index (χ2v) is 4.27. The quantitative estimate of drug-likeness (QED) is 0.880. The molecule has 1 aromatic heterocycles. The molecule has 2 N–H and O–H groups in total. The van der Waals surface area contributed by atoms with E-state index in [-0.39, 0.29) is 0 Å². The minimum Gasteiger partial charge on any atom is -0.490 e. The molecule has 1 saturated carbocycles. The van der Waals surface area contributed by atoms with Gasteiger partial charge in [-0.25, -0.2) is 0 Å². The lowest BCUT2D eigenvalue weighted by atomic mass is 9.96. The Morgan fingerprint density at radius 1 is 1.24 bits per heavy atom. The molecule has 0 spiro atoms. The van der Waals surface area contributed by atoms with Crippen LogP contribution < -0.4 is 10.5 Å². The van der Waals surface area contributed by atoms with Crippen molar-refractivity contribution in [2.45, 2.75) is 25.4 Å². The largest absolute Gasteiger partial charge is 0.490 e. The van der Waals surface area contributed by atoms with Gasteiger partial charge in [0.05, 0.1) is 17.9 Å². The third-order valence-electron chi connectivity index (χ3n) is 3.12. The summed E-state index contributed by atoms with van der Waals surface area (Å²) in [6.45, 7) is 0. The number of aromatic nitrogens is 1. The van der Waals surface area contributed by atoms with Gasteiger partial charge in [0, 0.05) is 5.56 Å². The van der Waals surface area contributed by atoms with Crippen molar-refractivity contribution in [2.24, 2.45) is 0 Å². The number of ether oxygens (including phenoxy) is 1. The summed E-state index contributed by atoms with van der Waals surface area (Å²) in [6.07, 6.45) is 5.48. The predicted molar refractivity (Wildman–Crippen MR) is 64.6 cm³/mol. The van der Waals surface area contributed by atoms with Crippen molar-refractivity contribution >= 4 is 5.88 Å². The van der Waals surface area contributed by atoms with Crippen molar-refractivity contribution in [3.05, 3.63) is 30.5 Å². The van der Waals surface area contributed by atoms with E-state index in [0.29, 0.717) is 12.0 Å². The molecule has 0 unspecified atom stereocenters. The van der Waals surface area contributed by atoms with Crippen LogP contribution in [-0.4, -0.2) is 11.3 Å². The Morgan fingerprint density at radius 3 is 2.71 bits per heavy atom. The van der Waals surface area contributed by atoms with E-state index in [4.69, 9.17) is 15.0 Å². The maximum atomic E-state index is 5.94. The predicted octanol–water partition coefficient (Wildman–Crippen LogP) is 2.86. The average Bonchev–Trinajstić information content (AvgIpc) is 2.70. The zero-order chi connectivity index (χ0) is 11.7. The molecule has 88 valence electrons. The Labute approximate surface area is 99.4 Å². The number of nitrogens with zero attached hydrogens (tertiary/aromatic N) is 1. The van der Waals surface area contributed by atoms with Crippen LogP contribution in [0.1, 0.15) is 19.3 Å². The van der Waals surface area contributed by atoms with Gasteiger partial charge in [0.2, 0.25) is 5.88 Å². The molecule has 1 heterocycles. The molecule has 1 fully saturated rings. The Hall–Kier alpha value is -1.97. The van der Waals surface area contributed by atoms with E-state index >= 15 is 0 Å². The molecule has 0 aliphatic heterocycles. The Balaban J connectivity index is 1.95. The first-order valence-corrected chi connectivity index (χ1v) is 5.81. The van der Waals surface area contributed by atoms with E-state index in [1.807, 2.05) is 24.3 Å². The molecule has 0 atom stereocenters. The minimum absolute atomic E-state index is 0.328. The Bertz CT molecular complexity index is 518. The maximum absolute atomic E-state index is 5.94. The molecule has 0 amide bonds. The highest BCUT2D eigenvalue weighted by molar-refractivity contribution is 5.76. The van der Waals surface area contributed by atoms with E-state index < -0.39 is 0 Å². The van der Waals surface area contributed by atoms with Crippen LogP contribution in [0.15, 0.2) is 35.0 Å². The molecule has 1 aromatic carbocycles. The van der Waals surface area contributed by atoms with Gasteiger partial charge in [-0.1, -0.05) is 23.4 Å². The summed E-state index contributed by atoms with van der Waals surface area (Å²) >= 11 is 0. The van der Waals surface area contributed by atoms with Gasteiger partial charge in [-0.05, 0) is 25.3 Å². The standard InChI is InChI=1S/C13H14N2O2/c14-13-11(8-15-17-13)10-6-1-2-7-12(10)16-9-4-3-5-9/h1-2,6-9H,3-5,14H2. The van der Waals surface area contributed by atoms with Gasteiger partial charge in [0.15, 0.2) is 0 Å². The van der Waals surface area contributed by atoms with Crippen LogP contribution >= 0.6 is 0 Å². The number of nitrogen functional groups attached to an aromatic ring is 1. The van der Waals surface area contributed by atoms with Crippen molar-refractivity contribution in [1.82, 2.24) is 5.16 Å². The van der Waals surface area contributed by atoms with Crippen LogP contribution in [0, 0.1) is 0 Å². The maximum Gasteiger partial charge on any atom is 0.230 e. The summed E-state index contributed by atoms with van der Waals surface area (Å²) < 4.78 is 10.8. The van der Waals surface area contributed by atoms with Crippen LogP contribution in [0.4, 0.5) is 5.88 Å². The van der Waals surface area contributed by atoms with Gasteiger partial charge in [-0.15, -0.1) is 0 Å². The summed E-state index contributed by atoms with van der Waals surface area (Å²) in [6, 6.07) is 7.84. The number of hydrogen-bond donors (Lipinski definition) is 1. The number of hydrogen-bond acceptors (Lipinski definition) is 4. The lowest BCUT2D eigenvalue weighted by Gasteiger charge is -2.27. The van der Waals surface area contributed by atoms with Crippen molar-refractivity contribution < 1.29 is 9.26 Å². The number of para-hydroxylation sites is 1. The molecule has 4 nitrogen and oxygen atoms in total. The van der Waals surface area contributed by atoms with Crippen LogP contribution in [0.3, 0.4) is 0 Å². The summed E-state index contributed by atoms with van der Waals surface area (Å²) in [5.41, 5.74) is 7.47. The molecule has 0 saturated heterocycles. The second-order valence-electron chi connectivity index (χ2n) is 4.27. The topological polar surface area (TPSA) is 61.3 Å². The van der Waals surface area contributed by atoms with E-state index in [0.717, 1.165) is 29.7 Å². The van der Waals surface area contributed by atoms with E-state index in [1.165, 1.54) is 6.42 Å². The molecule has 4 heteroatoms. The first-order valence-electron chi connectivity index (χ1n) is 5.81.